The molecule has 0 radical (unpaired) electrons. The summed E-state index contributed by atoms with van der Waals surface area (Å²) in [5.41, 5.74) is 7.59. The number of hydrogen-bond donors (Lipinski definition) is 1. The van der Waals surface area contributed by atoms with Gasteiger partial charge in [0.1, 0.15) is 12.1 Å². The first-order valence-corrected chi connectivity index (χ1v) is 6.49. The summed E-state index contributed by atoms with van der Waals surface area (Å²) in [6.45, 7) is 0. The van der Waals surface area contributed by atoms with Gasteiger partial charge in [0.15, 0.2) is 0 Å². The maximum Gasteiger partial charge on any atom is 0.139 e. The highest BCUT2D eigenvalue weighted by Crippen LogP contribution is 2.30. The van der Waals surface area contributed by atoms with Gasteiger partial charge in [0.2, 0.25) is 0 Å². The number of anilines is 2. The predicted molar refractivity (Wildman–Crippen MR) is 74.6 cm³/mol. The van der Waals surface area contributed by atoms with Crippen molar-refractivity contribution in [2.24, 2.45) is 0 Å². The summed E-state index contributed by atoms with van der Waals surface area (Å²) in [5, 5.41) is 1.05. The minimum absolute atomic E-state index is 0.601. The van der Waals surface area contributed by atoms with Crippen LogP contribution in [0.5, 0.6) is 0 Å². The topological polar surface area (TPSA) is 55.0 Å². The lowest BCUT2D eigenvalue weighted by molar-refractivity contribution is 0.648. The summed E-state index contributed by atoms with van der Waals surface area (Å²) in [6, 6.07) is 6.41. The van der Waals surface area contributed by atoms with Crippen LogP contribution in [-0.2, 0) is 0 Å². The van der Waals surface area contributed by atoms with Crippen LogP contribution in [0.15, 0.2) is 24.5 Å². The lowest BCUT2D eigenvalue weighted by atomic mass is 10.1. The SMILES string of the molecule is CN(c1ncnc2ccc(N)cc12)C1CCCC1. The minimum Gasteiger partial charge on any atom is -0.399 e. The van der Waals surface area contributed by atoms with Crippen molar-refractivity contribution >= 4 is 22.4 Å². The summed E-state index contributed by atoms with van der Waals surface area (Å²) >= 11 is 0. The molecule has 1 saturated carbocycles. The highest BCUT2D eigenvalue weighted by Gasteiger charge is 2.22. The number of aromatic nitrogens is 2. The molecule has 4 heteroatoms. The van der Waals surface area contributed by atoms with Gasteiger partial charge in [-0.05, 0) is 31.0 Å². The summed E-state index contributed by atoms with van der Waals surface area (Å²) < 4.78 is 0. The molecule has 3 rings (SSSR count). The molecule has 94 valence electrons. The fraction of sp³-hybridized carbons (Fsp3) is 0.429. The summed E-state index contributed by atoms with van der Waals surface area (Å²) in [6.07, 6.45) is 6.79. The van der Waals surface area contributed by atoms with Crippen LogP contribution >= 0.6 is 0 Å². The molecule has 1 aromatic heterocycles. The molecule has 0 saturated heterocycles. The average Bonchev–Trinajstić information content (AvgIpc) is 2.91. The van der Waals surface area contributed by atoms with Crippen molar-refractivity contribution in [1.82, 2.24) is 9.97 Å². The Bertz CT molecular complexity index is 561. The normalized spacial score (nSPS) is 16.3. The summed E-state index contributed by atoms with van der Waals surface area (Å²) in [7, 11) is 2.13. The molecule has 0 atom stereocenters. The van der Waals surface area contributed by atoms with Gasteiger partial charge in [0.25, 0.3) is 0 Å². The number of nitrogens with two attached hydrogens (primary N) is 1. The van der Waals surface area contributed by atoms with E-state index in [9.17, 15) is 0 Å². The molecule has 0 amide bonds. The van der Waals surface area contributed by atoms with Crippen molar-refractivity contribution < 1.29 is 0 Å². The molecular weight excluding hydrogens is 224 g/mol. The van der Waals surface area contributed by atoms with Crippen LogP contribution in [0.1, 0.15) is 25.7 Å². The van der Waals surface area contributed by atoms with E-state index < -0.39 is 0 Å². The van der Waals surface area contributed by atoms with E-state index in [0.717, 1.165) is 22.4 Å². The lowest BCUT2D eigenvalue weighted by Gasteiger charge is -2.26. The Kier molecular flexibility index (Phi) is 2.78. The molecule has 1 fully saturated rings. The zero-order valence-corrected chi connectivity index (χ0v) is 10.6. The van der Waals surface area contributed by atoms with E-state index >= 15 is 0 Å². The second kappa shape index (κ2) is 4.44. The molecule has 0 bridgehead atoms. The average molecular weight is 242 g/mol. The monoisotopic (exact) mass is 242 g/mol. The molecule has 1 heterocycles. The summed E-state index contributed by atoms with van der Waals surface area (Å²) in [5.74, 6) is 0.999. The number of fused-ring (bicyclic) bond motifs is 1. The first kappa shape index (κ1) is 11.3. The molecule has 0 aliphatic heterocycles. The van der Waals surface area contributed by atoms with Gasteiger partial charge in [0, 0.05) is 24.2 Å². The molecule has 1 aliphatic rings. The van der Waals surface area contributed by atoms with Crippen molar-refractivity contribution in [3.8, 4) is 0 Å². The summed E-state index contributed by atoms with van der Waals surface area (Å²) in [4.78, 5) is 11.0. The Morgan fingerprint density at radius 2 is 2.00 bits per heavy atom. The van der Waals surface area contributed by atoms with Crippen LogP contribution in [0, 0.1) is 0 Å². The van der Waals surface area contributed by atoms with Crippen LogP contribution < -0.4 is 10.6 Å². The largest absolute Gasteiger partial charge is 0.399 e. The lowest BCUT2D eigenvalue weighted by Crippen LogP contribution is -2.29. The van der Waals surface area contributed by atoms with Gasteiger partial charge in [-0.2, -0.15) is 0 Å². The zero-order valence-electron chi connectivity index (χ0n) is 10.6. The van der Waals surface area contributed by atoms with E-state index in [1.165, 1.54) is 25.7 Å². The van der Waals surface area contributed by atoms with Crippen molar-refractivity contribution in [2.45, 2.75) is 31.7 Å². The zero-order chi connectivity index (χ0) is 12.5. The van der Waals surface area contributed by atoms with Crippen molar-refractivity contribution in [3.05, 3.63) is 24.5 Å². The maximum atomic E-state index is 5.87. The Morgan fingerprint density at radius 1 is 1.22 bits per heavy atom. The van der Waals surface area contributed by atoms with E-state index in [4.69, 9.17) is 5.73 Å². The highest BCUT2D eigenvalue weighted by atomic mass is 15.2. The Hall–Kier alpha value is -1.84. The second-order valence-corrected chi connectivity index (χ2v) is 5.02. The minimum atomic E-state index is 0.601. The molecule has 2 aromatic rings. The van der Waals surface area contributed by atoms with Crippen LogP contribution in [0.2, 0.25) is 0 Å². The maximum absolute atomic E-state index is 5.87. The molecule has 4 nitrogen and oxygen atoms in total. The third kappa shape index (κ3) is 1.88. The Balaban J connectivity index is 2.07. The van der Waals surface area contributed by atoms with Crippen LogP contribution in [-0.4, -0.2) is 23.1 Å². The van der Waals surface area contributed by atoms with Crippen LogP contribution in [0.4, 0.5) is 11.5 Å². The molecule has 1 aliphatic carbocycles. The number of rotatable bonds is 2. The van der Waals surface area contributed by atoms with E-state index in [1.807, 2.05) is 18.2 Å². The molecule has 18 heavy (non-hydrogen) atoms. The van der Waals surface area contributed by atoms with Crippen LogP contribution in [0.25, 0.3) is 10.9 Å². The molecule has 0 spiro atoms. The smallest absolute Gasteiger partial charge is 0.139 e. The van der Waals surface area contributed by atoms with Gasteiger partial charge >= 0.3 is 0 Å². The third-order valence-corrected chi connectivity index (χ3v) is 3.84. The van der Waals surface area contributed by atoms with E-state index in [0.29, 0.717) is 6.04 Å². The predicted octanol–water partition coefficient (Wildman–Crippen LogP) is 2.59. The van der Waals surface area contributed by atoms with E-state index in [1.54, 1.807) is 6.33 Å². The quantitative estimate of drug-likeness (QED) is 0.822. The Labute approximate surface area is 107 Å². The standard InChI is InChI=1S/C14H18N4/c1-18(11-4-2-3-5-11)14-12-8-10(15)6-7-13(12)16-9-17-14/h6-9,11H,2-5,15H2,1H3. The van der Waals surface area contributed by atoms with Gasteiger partial charge in [-0.25, -0.2) is 9.97 Å². The van der Waals surface area contributed by atoms with Gasteiger partial charge in [-0.1, -0.05) is 12.8 Å². The molecule has 2 N–H and O–H groups in total. The molecular formula is C14H18N4. The number of benzene rings is 1. The van der Waals surface area contributed by atoms with Gasteiger partial charge < -0.3 is 10.6 Å². The fourth-order valence-corrected chi connectivity index (χ4v) is 2.81. The first-order valence-electron chi connectivity index (χ1n) is 6.49. The van der Waals surface area contributed by atoms with Gasteiger partial charge in [-0.3, -0.25) is 0 Å². The molecule has 1 aromatic carbocycles. The van der Waals surface area contributed by atoms with Crippen molar-refractivity contribution in [3.63, 3.8) is 0 Å². The number of nitrogens with zero attached hydrogens (tertiary/aromatic N) is 3. The number of hydrogen-bond acceptors (Lipinski definition) is 4. The van der Waals surface area contributed by atoms with Gasteiger partial charge in [0.05, 0.1) is 5.52 Å². The van der Waals surface area contributed by atoms with Crippen LogP contribution in [0.3, 0.4) is 0 Å². The van der Waals surface area contributed by atoms with Crippen molar-refractivity contribution in [2.75, 3.05) is 17.7 Å². The van der Waals surface area contributed by atoms with Gasteiger partial charge in [-0.15, -0.1) is 0 Å². The van der Waals surface area contributed by atoms with Crippen molar-refractivity contribution in [1.29, 1.82) is 0 Å². The Morgan fingerprint density at radius 3 is 2.78 bits per heavy atom. The fourth-order valence-electron chi connectivity index (χ4n) is 2.81. The first-order chi connectivity index (χ1) is 8.75. The van der Waals surface area contributed by atoms with E-state index in [-0.39, 0.29) is 0 Å². The third-order valence-electron chi connectivity index (χ3n) is 3.84. The highest BCUT2D eigenvalue weighted by molar-refractivity contribution is 5.91. The second-order valence-electron chi connectivity index (χ2n) is 5.02. The number of nitrogen functional groups attached to an aromatic ring is 1. The van der Waals surface area contributed by atoms with E-state index in [2.05, 4.69) is 21.9 Å². The molecule has 0 unspecified atom stereocenters.